The van der Waals surface area contributed by atoms with Gasteiger partial charge in [0.25, 0.3) is 0 Å². The van der Waals surface area contributed by atoms with E-state index >= 15 is 0 Å². The summed E-state index contributed by atoms with van der Waals surface area (Å²) in [7, 11) is 0. The minimum absolute atomic E-state index is 0.0216. The van der Waals surface area contributed by atoms with E-state index in [1.165, 1.54) is 11.6 Å². The lowest BCUT2D eigenvalue weighted by Crippen LogP contribution is -2.36. The van der Waals surface area contributed by atoms with E-state index in [4.69, 9.17) is 9.47 Å². The summed E-state index contributed by atoms with van der Waals surface area (Å²) in [5.74, 6) is 1.18. The summed E-state index contributed by atoms with van der Waals surface area (Å²) in [4.78, 5) is 26.4. The van der Waals surface area contributed by atoms with Crippen LogP contribution < -0.4 is 19.7 Å². The number of aryl methyl sites for hydroxylation is 2. The molecule has 0 saturated carbocycles. The maximum absolute atomic E-state index is 12.4. The van der Waals surface area contributed by atoms with Gasteiger partial charge >= 0.3 is 0 Å². The number of hydrogen-bond acceptors (Lipinski definition) is 4. The Hall–Kier alpha value is -3.28. The highest BCUT2D eigenvalue weighted by Crippen LogP contribution is 2.32. The molecule has 2 heterocycles. The molecule has 1 saturated heterocycles. The van der Waals surface area contributed by atoms with E-state index in [1.54, 1.807) is 11.0 Å². The van der Waals surface area contributed by atoms with Crippen LogP contribution in [0.2, 0.25) is 0 Å². The quantitative estimate of drug-likeness (QED) is 0.831. The molecule has 0 aromatic heterocycles. The van der Waals surface area contributed by atoms with Crippen LogP contribution >= 0.6 is 0 Å². The lowest BCUT2D eigenvalue weighted by molar-refractivity contribution is -0.117. The maximum atomic E-state index is 12.4. The lowest BCUT2D eigenvalue weighted by Gasteiger charge is -2.18. The van der Waals surface area contributed by atoms with Crippen molar-refractivity contribution < 1.29 is 19.1 Å². The van der Waals surface area contributed by atoms with Gasteiger partial charge in [0.15, 0.2) is 11.5 Å². The summed E-state index contributed by atoms with van der Waals surface area (Å²) in [5.41, 5.74) is 4.05. The molecule has 2 aromatic carbocycles. The Morgan fingerprint density at radius 3 is 2.75 bits per heavy atom. The zero-order valence-corrected chi connectivity index (χ0v) is 15.9. The lowest BCUT2D eigenvalue weighted by atomic mass is 10.1. The molecular weight excluding hydrogens is 356 g/mol. The number of benzene rings is 2. The third kappa shape index (κ3) is 3.71. The highest BCUT2D eigenvalue weighted by molar-refractivity contribution is 5.98. The molecule has 0 bridgehead atoms. The van der Waals surface area contributed by atoms with Crippen molar-refractivity contribution in [1.82, 2.24) is 5.32 Å². The van der Waals surface area contributed by atoms with Crippen LogP contribution in [0.1, 0.15) is 23.1 Å². The van der Waals surface area contributed by atoms with Crippen molar-refractivity contribution in [3.63, 3.8) is 0 Å². The van der Waals surface area contributed by atoms with Crippen LogP contribution in [0.25, 0.3) is 6.08 Å². The topological polar surface area (TPSA) is 67.9 Å². The molecule has 1 unspecified atom stereocenters. The molecule has 4 rings (SSSR count). The summed E-state index contributed by atoms with van der Waals surface area (Å²) in [6.45, 7) is 4.76. The van der Waals surface area contributed by atoms with Crippen molar-refractivity contribution in [2.75, 3.05) is 18.2 Å². The fourth-order valence-electron chi connectivity index (χ4n) is 3.39. The largest absolute Gasteiger partial charge is 0.454 e. The number of amides is 2. The molecule has 0 spiro atoms. The van der Waals surface area contributed by atoms with Gasteiger partial charge in [0.2, 0.25) is 18.6 Å². The summed E-state index contributed by atoms with van der Waals surface area (Å²) >= 11 is 0. The van der Waals surface area contributed by atoms with Gasteiger partial charge < -0.3 is 19.7 Å². The first-order valence-corrected chi connectivity index (χ1v) is 9.25. The van der Waals surface area contributed by atoms with Gasteiger partial charge in [-0.3, -0.25) is 9.59 Å². The van der Waals surface area contributed by atoms with Crippen LogP contribution in [-0.4, -0.2) is 31.2 Å². The van der Waals surface area contributed by atoms with Gasteiger partial charge in [0, 0.05) is 24.7 Å². The van der Waals surface area contributed by atoms with Gasteiger partial charge in [-0.1, -0.05) is 12.1 Å². The molecule has 0 radical (unpaired) electrons. The van der Waals surface area contributed by atoms with E-state index in [1.807, 2.05) is 50.2 Å². The SMILES string of the molecule is Cc1ccc(N2CC(NC(=O)/C=C\c3ccc4c(c3)OCO4)CC2=O)cc1C. The van der Waals surface area contributed by atoms with E-state index in [0.717, 1.165) is 16.8 Å². The van der Waals surface area contributed by atoms with Gasteiger partial charge in [0.1, 0.15) is 0 Å². The smallest absolute Gasteiger partial charge is 0.244 e. The van der Waals surface area contributed by atoms with Crippen molar-refractivity contribution in [2.24, 2.45) is 0 Å². The molecule has 6 heteroatoms. The molecule has 1 N–H and O–H groups in total. The number of nitrogens with one attached hydrogen (secondary N) is 1. The first-order chi connectivity index (χ1) is 13.5. The molecule has 1 atom stereocenters. The fourth-order valence-corrected chi connectivity index (χ4v) is 3.39. The molecule has 6 nitrogen and oxygen atoms in total. The highest BCUT2D eigenvalue weighted by atomic mass is 16.7. The summed E-state index contributed by atoms with van der Waals surface area (Å²) < 4.78 is 10.6. The van der Waals surface area contributed by atoms with E-state index < -0.39 is 0 Å². The molecule has 0 aliphatic carbocycles. The number of hydrogen-bond donors (Lipinski definition) is 1. The van der Waals surface area contributed by atoms with Gasteiger partial charge in [-0.2, -0.15) is 0 Å². The average molecular weight is 378 g/mol. The monoisotopic (exact) mass is 378 g/mol. The Balaban J connectivity index is 1.37. The maximum Gasteiger partial charge on any atom is 0.244 e. The summed E-state index contributed by atoms with van der Waals surface area (Å²) in [6.07, 6.45) is 3.49. The molecule has 28 heavy (non-hydrogen) atoms. The number of fused-ring (bicyclic) bond motifs is 1. The Morgan fingerprint density at radius 2 is 1.93 bits per heavy atom. The minimum atomic E-state index is -0.225. The predicted molar refractivity (Wildman–Crippen MR) is 106 cm³/mol. The highest BCUT2D eigenvalue weighted by Gasteiger charge is 2.31. The van der Waals surface area contributed by atoms with Crippen molar-refractivity contribution in [2.45, 2.75) is 26.3 Å². The summed E-state index contributed by atoms with van der Waals surface area (Å²) in [6, 6.07) is 11.3. The van der Waals surface area contributed by atoms with E-state index in [2.05, 4.69) is 5.32 Å². The van der Waals surface area contributed by atoms with Gasteiger partial charge in [-0.15, -0.1) is 0 Å². The normalized spacial score (nSPS) is 18.1. The minimum Gasteiger partial charge on any atom is -0.454 e. The number of carbonyl (C=O) groups excluding carboxylic acids is 2. The molecule has 144 valence electrons. The third-order valence-electron chi connectivity index (χ3n) is 5.10. The fraction of sp³-hybridized carbons (Fsp3) is 0.273. The van der Waals surface area contributed by atoms with Gasteiger partial charge in [-0.05, 0) is 60.9 Å². The van der Waals surface area contributed by atoms with Crippen molar-refractivity contribution in [3.8, 4) is 11.5 Å². The molecule has 2 aliphatic heterocycles. The van der Waals surface area contributed by atoms with Crippen LogP contribution in [-0.2, 0) is 9.59 Å². The second-order valence-electron chi connectivity index (χ2n) is 7.13. The third-order valence-corrected chi connectivity index (χ3v) is 5.10. The summed E-state index contributed by atoms with van der Waals surface area (Å²) in [5, 5.41) is 2.91. The molecular formula is C22H22N2O4. The number of anilines is 1. The van der Waals surface area contributed by atoms with Crippen LogP contribution in [0, 0.1) is 13.8 Å². The number of nitrogens with zero attached hydrogens (tertiary/aromatic N) is 1. The van der Waals surface area contributed by atoms with Crippen LogP contribution in [0.15, 0.2) is 42.5 Å². The van der Waals surface area contributed by atoms with Crippen LogP contribution in [0.3, 0.4) is 0 Å². The van der Waals surface area contributed by atoms with Crippen LogP contribution in [0.5, 0.6) is 11.5 Å². The van der Waals surface area contributed by atoms with Gasteiger partial charge in [-0.25, -0.2) is 0 Å². The first kappa shape index (κ1) is 18.1. The van der Waals surface area contributed by atoms with E-state index in [0.29, 0.717) is 24.5 Å². The number of ether oxygens (including phenoxy) is 2. The van der Waals surface area contributed by atoms with Gasteiger partial charge in [0.05, 0.1) is 6.04 Å². The zero-order valence-electron chi connectivity index (χ0n) is 15.9. The molecule has 2 amide bonds. The first-order valence-electron chi connectivity index (χ1n) is 9.25. The van der Waals surface area contributed by atoms with E-state index in [-0.39, 0.29) is 24.6 Å². The number of rotatable bonds is 4. The van der Waals surface area contributed by atoms with Crippen molar-refractivity contribution >= 4 is 23.6 Å². The van der Waals surface area contributed by atoms with Crippen molar-refractivity contribution in [3.05, 3.63) is 59.2 Å². The zero-order chi connectivity index (χ0) is 19.7. The second-order valence-corrected chi connectivity index (χ2v) is 7.13. The Morgan fingerprint density at radius 1 is 1.11 bits per heavy atom. The Kier molecular flexibility index (Phi) is 4.77. The second kappa shape index (κ2) is 7.38. The number of carbonyl (C=O) groups is 2. The van der Waals surface area contributed by atoms with Crippen molar-refractivity contribution in [1.29, 1.82) is 0 Å². The van der Waals surface area contributed by atoms with Crippen LogP contribution in [0.4, 0.5) is 5.69 Å². The Bertz CT molecular complexity index is 967. The molecule has 1 fully saturated rings. The molecule has 2 aliphatic rings. The predicted octanol–water partition coefficient (Wildman–Crippen LogP) is 2.97. The average Bonchev–Trinajstić information content (AvgIpc) is 3.28. The Labute approximate surface area is 163 Å². The molecule has 2 aromatic rings. The van der Waals surface area contributed by atoms with E-state index in [9.17, 15) is 9.59 Å². The standard InChI is InChI=1S/C22H22N2O4/c1-14-3-6-18(9-15(14)2)24-12-17(11-22(24)26)23-21(25)8-5-16-4-7-19-20(10-16)28-13-27-19/h3-10,17H,11-13H2,1-2H3,(H,23,25)/b8-5-.